The van der Waals surface area contributed by atoms with Gasteiger partial charge in [-0.3, -0.25) is 5.41 Å². The van der Waals surface area contributed by atoms with Crippen LogP contribution >= 0.6 is 0 Å². The van der Waals surface area contributed by atoms with Gasteiger partial charge in [0.05, 0.1) is 17.9 Å². The molecule has 0 amide bonds. The van der Waals surface area contributed by atoms with Crippen LogP contribution in [-0.4, -0.2) is 38.5 Å². The van der Waals surface area contributed by atoms with Gasteiger partial charge >= 0.3 is 0 Å². The molecule has 1 unspecified atom stereocenters. The Morgan fingerprint density at radius 1 is 1.36 bits per heavy atom. The fraction of sp³-hybridized carbons (Fsp3) is 0.500. The minimum atomic E-state index is -3.82. The second kappa shape index (κ2) is 5.27. The zero-order valence-electron chi connectivity index (χ0n) is 12.5. The summed E-state index contributed by atoms with van der Waals surface area (Å²) in [7, 11) is -2.48. The highest BCUT2D eigenvalue weighted by atomic mass is 32.2. The number of halogens is 2. The fourth-order valence-electron chi connectivity index (χ4n) is 2.64. The van der Waals surface area contributed by atoms with Gasteiger partial charge in [0.25, 0.3) is 0 Å². The number of ether oxygens (including phenoxy) is 1. The van der Waals surface area contributed by atoms with Gasteiger partial charge in [0.2, 0.25) is 0 Å². The lowest BCUT2D eigenvalue weighted by Crippen LogP contribution is -2.66. The van der Waals surface area contributed by atoms with E-state index in [2.05, 4.69) is 5.32 Å². The van der Waals surface area contributed by atoms with Crippen molar-refractivity contribution >= 4 is 15.7 Å². The monoisotopic (exact) mass is 332 g/mol. The van der Waals surface area contributed by atoms with E-state index in [0.717, 1.165) is 18.2 Å². The van der Waals surface area contributed by atoms with E-state index in [1.165, 1.54) is 21.0 Å². The Balaban J connectivity index is 2.53. The third-order valence-electron chi connectivity index (χ3n) is 4.04. The predicted octanol–water partition coefficient (Wildman–Crippen LogP) is 1.58. The molecule has 0 spiro atoms. The van der Waals surface area contributed by atoms with Crippen LogP contribution in [0.3, 0.4) is 0 Å². The second-order valence-corrected chi connectivity index (χ2v) is 8.30. The normalized spacial score (nSPS) is 30.9. The van der Waals surface area contributed by atoms with Crippen molar-refractivity contribution in [1.29, 1.82) is 5.41 Å². The molecule has 0 radical (unpaired) electrons. The number of amidine groups is 1. The van der Waals surface area contributed by atoms with Crippen LogP contribution in [0.4, 0.5) is 8.78 Å². The van der Waals surface area contributed by atoms with E-state index in [4.69, 9.17) is 10.1 Å². The van der Waals surface area contributed by atoms with Gasteiger partial charge < -0.3 is 10.1 Å². The number of hydrogen-bond acceptors (Lipinski definition) is 4. The third-order valence-corrected chi connectivity index (χ3v) is 6.69. The van der Waals surface area contributed by atoms with Crippen molar-refractivity contribution in [3.8, 4) is 0 Å². The van der Waals surface area contributed by atoms with Gasteiger partial charge in [-0.25, -0.2) is 17.2 Å². The molecule has 1 aromatic carbocycles. The summed E-state index contributed by atoms with van der Waals surface area (Å²) in [5, 5.41) is 10.8. The highest BCUT2D eigenvalue weighted by Crippen LogP contribution is 2.35. The van der Waals surface area contributed by atoms with Crippen LogP contribution in [0.25, 0.3) is 0 Å². The largest absolute Gasteiger partial charge is 0.383 e. The first-order valence-electron chi connectivity index (χ1n) is 6.60. The van der Waals surface area contributed by atoms with Crippen molar-refractivity contribution in [1.82, 2.24) is 5.32 Å². The molecule has 8 heteroatoms. The van der Waals surface area contributed by atoms with E-state index in [0.29, 0.717) is 0 Å². The molecule has 2 N–H and O–H groups in total. The van der Waals surface area contributed by atoms with Gasteiger partial charge in [-0.1, -0.05) is 0 Å². The van der Waals surface area contributed by atoms with Crippen molar-refractivity contribution < 1.29 is 21.9 Å². The van der Waals surface area contributed by atoms with Crippen LogP contribution in [0.1, 0.15) is 19.4 Å². The number of sulfone groups is 1. The Hall–Kier alpha value is -1.54. The average Bonchev–Trinajstić information content (AvgIpc) is 2.39. The molecule has 122 valence electrons. The van der Waals surface area contributed by atoms with Crippen molar-refractivity contribution in [2.24, 2.45) is 0 Å². The lowest BCUT2D eigenvalue weighted by atomic mass is 9.91. The predicted molar refractivity (Wildman–Crippen MR) is 78.6 cm³/mol. The molecule has 2 rings (SSSR count). The molecular formula is C14H18F2N2O3S. The molecule has 0 aromatic heterocycles. The summed E-state index contributed by atoms with van der Waals surface area (Å²) in [6.07, 6.45) is 0. The zero-order chi connectivity index (χ0) is 16.8. The van der Waals surface area contributed by atoms with Gasteiger partial charge in [0, 0.05) is 12.7 Å². The van der Waals surface area contributed by atoms with Crippen LogP contribution in [0.15, 0.2) is 18.2 Å². The molecule has 1 aliphatic heterocycles. The van der Waals surface area contributed by atoms with E-state index < -0.39 is 37.5 Å². The van der Waals surface area contributed by atoms with E-state index in [1.807, 2.05) is 0 Å². The van der Waals surface area contributed by atoms with Gasteiger partial charge in [0.1, 0.15) is 22.2 Å². The van der Waals surface area contributed by atoms with Crippen LogP contribution in [0.2, 0.25) is 0 Å². The second-order valence-electron chi connectivity index (χ2n) is 5.88. The van der Waals surface area contributed by atoms with Gasteiger partial charge in [0.15, 0.2) is 9.84 Å². The Bertz CT molecular complexity index is 723. The molecule has 1 saturated heterocycles. The zero-order valence-corrected chi connectivity index (χ0v) is 13.4. The van der Waals surface area contributed by atoms with E-state index in [-0.39, 0.29) is 18.0 Å². The van der Waals surface area contributed by atoms with Crippen LogP contribution in [0, 0.1) is 17.0 Å². The average molecular weight is 332 g/mol. The van der Waals surface area contributed by atoms with Crippen molar-refractivity contribution in [2.45, 2.75) is 24.1 Å². The smallest absolute Gasteiger partial charge is 0.167 e. The SMILES string of the molecule is COCC1(C)C(=N)N[C@](C)(c2cc(F)ccc2F)CS1(=O)=O. The topological polar surface area (TPSA) is 79.2 Å². The molecule has 0 aliphatic carbocycles. The number of hydrogen-bond donors (Lipinski definition) is 2. The molecular weight excluding hydrogens is 314 g/mol. The molecule has 1 heterocycles. The molecule has 0 saturated carbocycles. The van der Waals surface area contributed by atoms with Crippen LogP contribution in [-0.2, 0) is 20.1 Å². The maximum atomic E-state index is 14.0. The molecule has 0 bridgehead atoms. The third kappa shape index (κ3) is 2.50. The lowest BCUT2D eigenvalue weighted by Gasteiger charge is -2.44. The van der Waals surface area contributed by atoms with E-state index in [1.54, 1.807) is 0 Å². The number of methoxy groups -OCH3 is 1. The highest BCUT2D eigenvalue weighted by molar-refractivity contribution is 7.93. The van der Waals surface area contributed by atoms with E-state index in [9.17, 15) is 17.2 Å². The minimum absolute atomic E-state index is 0.125. The van der Waals surface area contributed by atoms with Crippen LogP contribution < -0.4 is 5.32 Å². The summed E-state index contributed by atoms with van der Waals surface area (Å²) in [4.78, 5) is 0. The Kier molecular flexibility index (Phi) is 4.03. The Morgan fingerprint density at radius 3 is 2.55 bits per heavy atom. The molecule has 5 nitrogen and oxygen atoms in total. The first-order valence-corrected chi connectivity index (χ1v) is 8.25. The maximum absolute atomic E-state index is 14.0. The van der Waals surface area contributed by atoms with Gasteiger partial charge in [-0.2, -0.15) is 0 Å². The van der Waals surface area contributed by atoms with Crippen molar-refractivity contribution in [2.75, 3.05) is 19.5 Å². The minimum Gasteiger partial charge on any atom is -0.383 e. The maximum Gasteiger partial charge on any atom is 0.167 e. The Morgan fingerprint density at radius 2 is 2.00 bits per heavy atom. The van der Waals surface area contributed by atoms with Crippen molar-refractivity contribution in [3.63, 3.8) is 0 Å². The molecule has 1 aromatic rings. The number of rotatable bonds is 3. The summed E-state index contributed by atoms with van der Waals surface area (Å²) < 4.78 is 56.0. The molecule has 22 heavy (non-hydrogen) atoms. The summed E-state index contributed by atoms with van der Waals surface area (Å²) in [5.41, 5.74) is -1.55. The quantitative estimate of drug-likeness (QED) is 0.881. The number of nitrogens with one attached hydrogen (secondary N) is 2. The standard InChI is InChI=1S/C14H18F2N2O3S/c1-13(10-6-9(15)4-5-11(10)16)8-22(19,20)14(2,7-21-3)12(17)18-13/h4-6H,7-8H2,1-3H3,(H2,17,18)/t13-,14?/m0/s1. The van der Waals surface area contributed by atoms with Crippen LogP contribution in [0.5, 0.6) is 0 Å². The number of benzene rings is 1. The summed E-state index contributed by atoms with van der Waals surface area (Å²) in [5.74, 6) is -2.17. The fourth-order valence-corrected chi connectivity index (χ4v) is 4.61. The molecule has 2 atom stereocenters. The Labute approximate surface area is 128 Å². The summed E-state index contributed by atoms with van der Waals surface area (Å²) in [6.45, 7) is 2.62. The van der Waals surface area contributed by atoms with Crippen molar-refractivity contribution in [3.05, 3.63) is 35.4 Å². The van der Waals surface area contributed by atoms with Gasteiger partial charge in [-0.15, -0.1) is 0 Å². The lowest BCUT2D eigenvalue weighted by molar-refractivity contribution is 0.183. The van der Waals surface area contributed by atoms with E-state index >= 15 is 0 Å². The first-order chi connectivity index (χ1) is 10.1. The summed E-state index contributed by atoms with van der Waals surface area (Å²) in [6, 6.07) is 2.85. The summed E-state index contributed by atoms with van der Waals surface area (Å²) >= 11 is 0. The molecule has 1 aliphatic rings. The highest BCUT2D eigenvalue weighted by Gasteiger charge is 2.54. The molecule has 1 fully saturated rings. The van der Waals surface area contributed by atoms with Gasteiger partial charge in [-0.05, 0) is 32.0 Å². The first kappa shape index (κ1) is 16.8.